The molecular formula is C20H23NO. The lowest BCUT2D eigenvalue weighted by molar-refractivity contribution is -0.0397. The zero-order valence-electron chi connectivity index (χ0n) is 13.5. The van der Waals surface area contributed by atoms with Gasteiger partial charge in [-0.25, -0.2) is 0 Å². The lowest BCUT2D eigenvalue weighted by Gasteiger charge is -2.46. The van der Waals surface area contributed by atoms with E-state index in [0.717, 1.165) is 24.4 Å². The fraction of sp³-hybridized carbons (Fsp3) is 0.350. The largest absolute Gasteiger partial charge is 0.471 e. The molecule has 2 aromatic rings. The molecule has 0 amide bonds. The Labute approximate surface area is 132 Å². The smallest absolute Gasteiger partial charge is 0.216 e. The van der Waals surface area contributed by atoms with Gasteiger partial charge in [0, 0.05) is 11.0 Å². The molecule has 2 heteroatoms. The van der Waals surface area contributed by atoms with Gasteiger partial charge in [0.25, 0.3) is 0 Å². The van der Waals surface area contributed by atoms with Crippen molar-refractivity contribution in [3.63, 3.8) is 0 Å². The summed E-state index contributed by atoms with van der Waals surface area (Å²) in [6.45, 7) is 7.39. The van der Waals surface area contributed by atoms with Crippen molar-refractivity contribution in [1.82, 2.24) is 0 Å². The zero-order chi connectivity index (χ0) is 15.6. The molecule has 0 saturated heterocycles. The van der Waals surface area contributed by atoms with Crippen LogP contribution in [-0.4, -0.2) is 18.0 Å². The van der Waals surface area contributed by atoms with Crippen LogP contribution in [0.1, 0.15) is 31.9 Å². The Morgan fingerprint density at radius 3 is 2.09 bits per heavy atom. The first-order chi connectivity index (χ1) is 10.5. The Balaban J connectivity index is 1.87. The second-order valence-corrected chi connectivity index (χ2v) is 6.82. The third-order valence-corrected chi connectivity index (χ3v) is 4.83. The van der Waals surface area contributed by atoms with Crippen LogP contribution in [0, 0.1) is 5.41 Å². The predicted octanol–water partition coefficient (Wildman–Crippen LogP) is 4.49. The van der Waals surface area contributed by atoms with Crippen molar-refractivity contribution < 1.29 is 4.74 Å². The maximum atomic E-state index is 6.30. The summed E-state index contributed by atoms with van der Waals surface area (Å²) >= 11 is 0. The molecule has 2 nitrogen and oxygen atoms in total. The molecular weight excluding hydrogens is 270 g/mol. The first kappa shape index (κ1) is 14.8. The summed E-state index contributed by atoms with van der Waals surface area (Å²) in [5.74, 6) is 0.760. The van der Waals surface area contributed by atoms with Crippen LogP contribution < -0.4 is 0 Å². The van der Waals surface area contributed by atoms with E-state index in [-0.39, 0.29) is 11.0 Å². The molecule has 3 rings (SSSR count). The van der Waals surface area contributed by atoms with Crippen molar-refractivity contribution in [3.05, 3.63) is 71.8 Å². The van der Waals surface area contributed by atoms with Gasteiger partial charge in [-0.15, -0.1) is 0 Å². The number of aliphatic imine (C=N–C) groups is 1. The maximum absolute atomic E-state index is 6.30. The van der Waals surface area contributed by atoms with Crippen LogP contribution in [0.2, 0.25) is 0 Å². The molecule has 0 aromatic heterocycles. The molecule has 1 aliphatic rings. The van der Waals surface area contributed by atoms with E-state index >= 15 is 0 Å². The third-order valence-electron chi connectivity index (χ3n) is 4.83. The van der Waals surface area contributed by atoms with Crippen molar-refractivity contribution in [2.45, 2.75) is 32.8 Å². The van der Waals surface area contributed by atoms with Crippen molar-refractivity contribution in [3.8, 4) is 0 Å². The SMILES string of the molecule is CC1(Cc2ccccc2)CN=C(c2ccccc2)OC1(C)C. The lowest BCUT2D eigenvalue weighted by Crippen LogP contribution is -2.51. The molecule has 1 aliphatic heterocycles. The van der Waals surface area contributed by atoms with Crippen molar-refractivity contribution >= 4 is 5.90 Å². The number of nitrogens with zero attached hydrogens (tertiary/aromatic N) is 1. The van der Waals surface area contributed by atoms with Crippen LogP contribution in [0.25, 0.3) is 0 Å². The van der Waals surface area contributed by atoms with Crippen LogP contribution in [0.3, 0.4) is 0 Å². The fourth-order valence-corrected chi connectivity index (χ4v) is 2.88. The van der Waals surface area contributed by atoms with E-state index < -0.39 is 0 Å². The van der Waals surface area contributed by atoms with Gasteiger partial charge in [0.05, 0.1) is 6.54 Å². The minimum atomic E-state index is -0.268. The summed E-state index contributed by atoms with van der Waals surface area (Å²) in [6, 6.07) is 20.7. The third kappa shape index (κ3) is 2.78. The highest BCUT2D eigenvalue weighted by Gasteiger charge is 2.46. The summed E-state index contributed by atoms with van der Waals surface area (Å²) in [5, 5.41) is 0. The summed E-state index contributed by atoms with van der Waals surface area (Å²) in [6.07, 6.45) is 0.965. The van der Waals surface area contributed by atoms with E-state index in [1.54, 1.807) is 0 Å². The molecule has 22 heavy (non-hydrogen) atoms. The Kier molecular flexibility index (Phi) is 3.78. The molecule has 0 saturated carbocycles. The molecule has 1 heterocycles. The molecule has 0 fully saturated rings. The van der Waals surface area contributed by atoms with Gasteiger partial charge < -0.3 is 4.74 Å². The number of benzene rings is 2. The minimum Gasteiger partial charge on any atom is -0.471 e. The van der Waals surface area contributed by atoms with Gasteiger partial charge in [-0.2, -0.15) is 0 Å². The van der Waals surface area contributed by atoms with E-state index in [0.29, 0.717) is 0 Å². The highest BCUT2D eigenvalue weighted by Crippen LogP contribution is 2.41. The van der Waals surface area contributed by atoms with E-state index in [2.05, 4.69) is 63.2 Å². The van der Waals surface area contributed by atoms with E-state index in [4.69, 9.17) is 9.73 Å². The first-order valence-corrected chi connectivity index (χ1v) is 7.83. The standard InChI is InChI=1S/C20H23NO/c1-19(2)20(3,14-16-10-6-4-7-11-16)15-21-18(22-19)17-12-8-5-9-13-17/h4-13H,14-15H2,1-3H3. The van der Waals surface area contributed by atoms with Crippen molar-refractivity contribution in [2.75, 3.05) is 6.54 Å². The molecule has 0 N–H and O–H groups in total. The van der Waals surface area contributed by atoms with E-state index in [1.165, 1.54) is 5.56 Å². The normalized spacial score (nSPS) is 23.5. The van der Waals surface area contributed by atoms with Crippen molar-refractivity contribution in [1.29, 1.82) is 0 Å². The average Bonchev–Trinajstić information content (AvgIpc) is 2.52. The highest BCUT2D eigenvalue weighted by atomic mass is 16.5. The summed E-state index contributed by atoms with van der Waals surface area (Å²) in [4.78, 5) is 4.74. The van der Waals surface area contributed by atoms with Crippen LogP contribution in [-0.2, 0) is 11.2 Å². The maximum Gasteiger partial charge on any atom is 0.216 e. The molecule has 2 aromatic carbocycles. The van der Waals surface area contributed by atoms with Gasteiger partial charge in [-0.05, 0) is 38.0 Å². The van der Waals surface area contributed by atoms with E-state index in [1.807, 2.05) is 18.2 Å². The van der Waals surface area contributed by atoms with Gasteiger partial charge in [-0.3, -0.25) is 4.99 Å². The molecule has 1 atom stereocenters. The number of rotatable bonds is 3. The van der Waals surface area contributed by atoms with Crippen molar-refractivity contribution in [2.24, 2.45) is 10.4 Å². The minimum absolute atomic E-state index is 0.0212. The van der Waals surface area contributed by atoms with Gasteiger partial charge in [0.15, 0.2) is 0 Å². The topological polar surface area (TPSA) is 21.6 Å². The molecule has 1 unspecified atom stereocenters. The van der Waals surface area contributed by atoms with Crippen LogP contribution in [0.5, 0.6) is 0 Å². The fourth-order valence-electron chi connectivity index (χ4n) is 2.88. The average molecular weight is 293 g/mol. The van der Waals surface area contributed by atoms with Crippen LogP contribution >= 0.6 is 0 Å². The second-order valence-electron chi connectivity index (χ2n) is 6.82. The Bertz CT molecular complexity index is 661. The first-order valence-electron chi connectivity index (χ1n) is 7.83. The van der Waals surface area contributed by atoms with E-state index in [9.17, 15) is 0 Å². The Hall–Kier alpha value is -2.09. The molecule has 0 radical (unpaired) electrons. The second kappa shape index (κ2) is 5.60. The predicted molar refractivity (Wildman–Crippen MR) is 91.3 cm³/mol. The zero-order valence-corrected chi connectivity index (χ0v) is 13.5. The Morgan fingerprint density at radius 2 is 1.50 bits per heavy atom. The van der Waals surface area contributed by atoms with Gasteiger partial charge in [0.1, 0.15) is 5.60 Å². The summed E-state index contributed by atoms with van der Waals surface area (Å²) < 4.78 is 6.30. The van der Waals surface area contributed by atoms with Gasteiger partial charge >= 0.3 is 0 Å². The van der Waals surface area contributed by atoms with Crippen LogP contribution in [0.15, 0.2) is 65.7 Å². The summed E-state index contributed by atoms with van der Waals surface area (Å²) in [7, 11) is 0. The number of ether oxygens (including phenoxy) is 1. The lowest BCUT2D eigenvalue weighted by atomic mass is 9.70. The van der Waals surface area contributed by atoms with Gasteiger partial charge in [0.2, 0.25) is 5.90 Å². The monoisotopic (exact) mass is 293 g/mol. The molecule has 0 bridgehead atoms. The Morgan fingerprint density at radius 1 is 0.909 bits per heavy atom. The number of hydrogen-bond donors (Lipinski definition) is 0. The summed E-state index contributed by atoms with van der Waals surface area (Å²) in [5.41, 5.74) is 2.10. The number of hydrogen-bond acceptors (Lipinski definition) is 2. The molecule has 0 spiro atoms. The quantitative estimate of drug-likeness (QED) is 0.817. The molecule has 0 aliphatic carbocycles. The molecule has 114 valence electrons. The van der Waals surface area contributed by atoms with Crippen LogP contribution in [0.4, 0.5) is 0 Å². The highest BCUT2D eigenvalue weighted by molar-refractivity contribution is 5.94. The van der Waals surface area contributed by atoms with Gasteiger partial charge in [-0.1, -0.05) is 55.5 Å².